The molecule has 8 heteroatoms. The summed E-state index contributed by atoms with van der Waals surface area (Å²) in [6.45, 7) is 8.75. The zero-order valence-corrected chi connectivity index (χ0v) is 15.4. The molecule has 0 aromatic carbocycles. The van der Waals surface area contributed by atoms with Crippen LogP contribution in [-0.2, 0) is 25.9 Å². The second-order valence-corrected chi connectivity index (χ2v) is 7.04. The number of nitrogens with zero attached hydrogens (tertiary/aromatic N) is 5. The van der Waals surface area contributed by atoms with Gasteiger partial charge in [-0.1, -0.05) is 19.0 Å². The number of aromatic amines is 1. The Bertz CT molecular complexity index is 735. The summed E-state index contributed by atoms with van der Waals surface area (Å²) in [6.07, 6.45) is 1.63. The smallest absolute Gasteiger partial charge is 0.275 e. The fraction of sp³-hybridized carbons (Fsp3) is 0.647. The van der Waals surface area contributed by atoms with Crippen molar-refractivity contribution < 1.29 is 9.32 Å². The highest BCUT2D eigenvalue weighted by Crippen LogP contribution is 2.21. The Morgan fingerprint density at radius 1 is 1.44 bits per heavy atom. The van der Waals surface area contributed by atoms with Gasteiger partial charge in [0.05, 0.1) is 6.54 Å². The number of nitrogens with one attached hydrogen (secondary N) is 1. The van der Waals surface area contributed by atoms with Crippen LogP contribution in [0.5, 0.6) is 0 Å². The molecule has 1 amide bonds. The molecule has 0 bridgehead atoms. The molecule has 3 rings (SSSR count). The molecule has 1 N–H and O–H groups in total. The molecular formula is C17H26N6O2. The average molecular weight is 346 g/mol. The predicted octanol–water partition coefficient (Wildman–Crippen LogP) is 1.64. The van der Waals surface area contributed by atoms with Gasteiger partial charge in [0.25, 0.3) is 5.91 Å². The third-order valence-electron chi connectivity index (χ3n) is 4.42. The van der Waals surface area contributed by atoms with Crippen LogP contribution in [0.4, 0.5) is 0 Å². The topological polar surface area (TPSA) is 91.1 Å². The fourth-order valence-electron chi connectivity index (χ4n) is 3.04. The Hall–Kier alpha value is -2.22. The van der Waals surface area contributed by atoms with Crippen molar-refractivity contribution >= 4 is 5.91 Å². The number of H-pyrrole nitrogens is 1. The van der Waals surface area contributed by atoms with Crippen LogP contribution in [0.15, 0.2) is 4.52 Å². The van der Waals surface area contributed by atoms with E-state index < -0.39 is 0 Å². The summed E-state index contributed by atoms with van der Waals surface area (Å²) in [5, 5.41) is 11.3. The molecule has 2 aromatic rings. The number of hydrogen-bond donors (Lipinski definition) is 1. The predicted molar refractivity (Wildman–Crippen MR) is 91.9 cm³/mol. The van der Waals surface area contributed by atoms with Crippen molar-refractivity contribution in [3.63, 3.8) is 0 Å². The lowest BCUT2D eigenvalue weighted by Crippen LogP contribution is -2.33. The third-order valence-corrected chi connectivity index (χ3v) is 4.42. The van der Waals surface area contributed by atoms with Crippen molar-refractivity contribution in [1.29, 1.82) is 0 Å². The maximum absolute atomic E-state index is 12.9. The summed E-state index contributed by atoms with van der Waals surface area (Å²) in [4.78, 5) is 21.2. The zero-order chi connectivity index (χ0) is 18.0. The first-order chi connectivity index (χ1) is 12.0. The van der Waals surface area contributed by atoms with Crippen molar-refractivity contribution in [3.05, 3.63) is 28.7 Å². The van der Waals surface area contributed by atoms with Crippen molar-refractivity contribution in [2.45, 2.75) is 46.7 Å². The molecule has 2 aromatic heterocycles. The van der Waals surface area contributed by atoms with Gasteiger partial charge >= 0.3 is 0 Å². The van der Waals surface area contributed by atoms with Crippen molar-refractivity contribution in [3.8, 4) is 0 Å². The summed E-state index contributed by atoms with van der Waals surface area (Å²) in [5.74, 6) is 1.51. The largest absolute Gasteiger partial charge is 0.339 e. The lowest BCUT2D eigenvalue weighted by atomic mass is 10.1. The molecule has 3 heterocycles. The van der Waals surface area contributed by atoms with E-state index in [2.05, 4.69) is 46.1 Å². The van der Waals surface area contributed by atoms with Crippen molar-refractivity contribution in [1.82, 2.24) is 30.1 Å². The van der Waals surface area contributed by atoms with Gasteiger partial charge in [-0.05, 0) is 19.9 Å². The Labute approximate surface area is 147 Å². The molecular weight excluding hydrogens is 320 g/mol. The maximum Gasteiger partial charge on any atom is 0.275 e. The molecule has 0 saturated heterocycles. The minimum Gasteiger partial charge on any atom is -0.339 e. The van der Waals surface area contributed by atoms with E-state index in [4.69, 9.17) is 4.52 Å². The first-order valence-corrected chi connectivity index (χ1v) is 8.83. The highest BCUT2D eigenvalue weighted by molar-refractivity contribution is 5.94. The molecule has 0 aliphatic carbocycles. The van der Waals surface area contributed by atoms with Gasteiger partial charge in [0.2, 0.25) is 5.89 Å². The minimum atomic E-state index is -0.0921. The molecule has 0 fully saturated rings. The van der Waals surface area contributed by atoms with Gasteiger partial charge in [0, 0.05) is 43.7 Å². The number of rotatable bonds is 6. The van der Waals surface area contributed by atoms with Crippen LogP contribution in [0.3, 0.4) is 0 Å². The second kappa shape index (κ2) is 7.35. The summed E-state index contributed by atoms with van der Waals surface area (Å²) in [6, 6.07) is 0. The van der Waals surface area contributed by atoms with E-state index in [9.17, 15) is 4.79 Å². The lowest BCUT2D eigenvalue weighted by Gasteiger charge is -2.23. The first-order valence-electron chi connectivity index (χ1n) is 8.83. The van der Waals surface area contributed by atoms with Crippen molar-refractivity contribution in [2.24, 2.45) is 5.92 Å². The number of hydrogen-bond acceptors (Lipinski definition) is 6. The zero-order valence-electron chi connectivity index (χ0n) is 15.4. The van der Waals surface area contributed by atoms with E-state index in [1.807, 2.05) is 6.92 Å². The monoisotopic (exact) mass is 346 g/mol. The summed E-state index contributed by atoms with van der Waals surface area (Å²) in [7, 11) is 2.05. The van der Waals surface area contributed by atoms with Gasteiger partial charge in [0.15, 0.2) is 11.5 Å². The number of aromatic nitrogens is 4. The normalized spacial score (nSPS) is 14.8. The summed E-state index contributed by atoms with van der Waals surface area (Å²) in [5.41, 5.74) is 2.58. The average Bonchev–Trinajstić information content (AvgIpc) is 3.17. The SMILES string of the molecule is CCN(Cc1noc(CC(C)C)n1)C(=O)c1n[nH]c2c1CN(C)CC2. The molecule has 0 spiro atoms. The van der Waals surface area contributed by atoms with Crippen LogP contribution in [0.1, 0.15) is 54.2 Å². The van der Waals surface area contributed by atoms with Crippen LogP contribution in [0, 0.1) is 5.92 Å². The van der Waals surface area contributed by atoms with Crippen LogP contribution >= 0.6 is 0 Å². The van der Waals surface area contributed by atoms with Gasteiger partial charge in [-0.3, -0.25) is 9.89 Å². The maximum atomic E-state index is 12.9. The number of likely N-dealkylation sites (N-methyl/N-ethyl adjacent to an activating group) is 1. The molecule has 8 nitrogen and oxygen atoms in total. The first kappa shape index (κ1) is 17.6. The highest BCUT2D eigenvalue weighted by Gasteiger charge is 2.27. The van der Waals surface area contributed by atoms with Gasteiger partial charge in [-0.2, -0.15) is 10.1 Å². The Morgan fingerprint density at radius 3 is 2.96 bits per heavy atom. The van der Waals surface area contributed by atoms with E-state index in [1.165, 1.54) is 0 Å². The van der Waals surface area contributed by atoms with Gasteiger partial charge in [-0.25, -0.2) is 0 Å². The van der Waals surface area contributed by atoms with Crippen LogP contribution < -0.4 is 0 Å². The van der Waals surface area contributed by atoms with Crippen LogP contribution in [0.2, 0.25) is 0 Å². The number of carbonyl (C=O) groups excluding carboxylic acids is 1. The molecule has 0 radical (unpaired) electrons. The molecule has 136 valence electrons. The van der Waals surface area contributed by atoms with E-state index in [0.717, 1.165) is 37.2 Å². The third kappa shape index (κ3) is 3.89. The van der Waals surface area contributed by atoms with Crippen LogP contribution in [-0.4, -0.2) is 56.2 Å². The van der Waals surface area contributed by atoms with E-state index in [-0.39, 0.29) is 5.91 Å². The van der Waals surface area contributed by atoms with Crippen molar-refractivity contribution in [2.75, 3.05) is 20.1 Å². The van der Waals surface area contributed by atoms with Gasteiger partial charge < -0.3 is 14.3 Å². The minimum absolute atomic E-state index is 0.0921. The molecule has 0 saturated carbocycles. The molecule has 25 heavy (non-hydrogen) atoms. The summed E-state index contributed by atoms with van der Waals surface area (Å²) >= 11 is 0. The number of carbonyl (C=O) groups is 1. The quantitative estimate of drug-likeness (QED) is 0.855. The highest BCUT2D eigenvalue weighted by atomic mass is 16.5. The Morgan fingerprint density at radius 2 is 2.24 bits per heavy atom. The Balaban J connectivity index is 1.74. The van der Waals surface area contributed by atoms with Gasteiger partial charge in [0.1, 0.15) is 0 Å². The molecule has 0 unspecified atom stereocenters. The second-order valence-electron chi connectivity index (χ2n) is 7.04. The van der Waals surface area contributed by atoms with E-state index >= 15 is 0 Å². The molecule has 0 atom stereocenters. The van der Waals surface area contributed by atoms with E-state index in [0.29, 0.717) is 36.4 Å². The molecule has 1 aliphatic rings. The Kier molecular flexibility index (Phi) is 5.17. The number of amides is 1. The standard InChI is InChI=1S/C17H26N6O2/c1-5-23(10-14-18-15(25-21-14)8-11(2)3)17(24)16-12-9-22(4)7-6-13(12)19-20-16/h11H,5-10H2,1-4H3,(H,19,20). The summed E-state index contributed by atoms with van der Waals surface area (Å²) < 4.78 is 5.27. The van der Waals surface area contributed by atoms with Crippen LogP contribution in [0.25, 0.3) is 0 Å². The number of fused-ring (bicyclic) bond motifs is 1. The fourth-order valence-corrected chi connectivity index (χ4v) is 3.04. The molecule has 1 aliphatic heterocycles. The lowest BCUT2D eigenvalue weighted by molar-refractivity contribution is 0.0739. The van der Waals surface area contributed by atoms with E-state index in [1.54, 1.807) is 4.90 Å². The van der Waals surface area contributed by atoms with Gasteiger partial charge in [-0.15, -0.1) is 0 Å².